The lowest BCUT2D eigenvalue weighted by Crippen LogP contribution is -2.34. The van der Waals surface area contributed by atoms with Crippen molar-refractivity contribution in [1.82, 2.24) is 5.32 Å². The fourth-order valence-electron chi connectivity index (χ4n) is 1.41. The second-order valence-corrected chi connectivity index (χ2v) is 2.95. The van der Waals surface area contributed by atoms with E-state index in [2.05, 4.69) is 10.6 Å². The van der Waals surface area contributed by atoms with E-state index in [0.717, 1.165) is 5.56 Å². The Hall–Kier alpha value is -2.04. The summed E-state index contributed by atoms with van der Waals surface area (Å²) in [6.07, 6.45) is 0. The summed E-state index contributed by atoms with van der Waals surface area (Å²) in [5.41, 5.74) is 1.30. The van der Waals surface area contributed by atoms with Crippen LogP contribution in [0, 0.1) is 0 Å². The third kappa shape index (κ3) is 1.28. The number of para-hydroxylation sites is 1. The van der Waals surface area contributed by atoms with Crippen molar-refractivity contribution in [2.45, 2.75) is 6.54 Å². The normalized spacial score (nSPS) is 13.9. The number of carbonyl (C=O) groups is 2. The standard InChI is InChI=1S/C9H8N2O3/c12-8(13)6-3-1-2-5-4-10-9(14)11-7(5)6/h1-3H,4H2,(H,12,13)(H2,10,11,14). The number of nitrogens with one attached hydrogen (secondary N) is 2. The first-order valence-electron chi connectivity index (χ1n) is 4.08. The molecule has 2 amide bonds. The molecule has 0 atom stereocenters. The third-order valence-electron chi connectivity index (χ3n) is 2.06. The van der Waals surface area contributed by atoms with Crippen LogP contribution in [0.5, 0.6) is 0 Å². The number of aromatic carboxylic acids is 1. The molecule has 1 heterocycles. The van der Waals surface area contributed by atoms with E-state index < -0.39 is 5.97 Å². The molecule has 72 valence electrons. The summed E-state index contributed by atoms with van der Waals surface area (Å²) in [5.74, 6) is -1.04. The molecule has 5 nitrogen and oxygen atoms in total. The van der Waals surface area contributed by atoms with E-state index in [9.17, 15) is 9.59 Å². The van der Waals surface area contributed by atoms with E-state index in [1.807, 2.05) is 0 Å². The molecular weight excluding hydrogens is 184 g/mol. The van der Waals surface area contributed by atoms with Crippen LogP contribution in [0.2, 0.25) is 0 Å². The number of hydrogen-bond donors (Lipinski definition) is 3. The van der Waals surface area contributed by atoms with Crippen LogP contribution in [-0.2, 0) is 6.54 Å². The van der Waals surface area contributed by atoms with Crippen molar-refractivity contribution in [1.29, 1.82) is 0 Å². The van der Waals surface area contributed by atoms with Crippen molar-refractivity contribution in [3.8, 4) is 0 Å². The molecule has 0 saturated carbocycles. The van der Waals surface area contributed by atoms with Gasteiger partial charge in [-0.15, -0.1) is 0 Å². The van der Waals surface area contributed by atoms with Crippen molar-refractivity contribution in [2.75, 3.05) is 5.32 Å². The Kier molecular flexibility index (Phi) is 1.85. The topological polar surface area (TPSA) is 78.4 Å². The van der Waals surface area contributed by atoms with Crippen LogP contribution in [0.3, 0.4) is 0 Å². The molecule has 0 aromatic heterocycles. The minimum Gasteiger partial charge on any atom is -0.478 e. The lowest BCUT2D eigenvalue weighted by Gasteiger charge is -2.19. The van der Waals surface area contributed by atoms with E-state index in [4.69, 9.17) is 5.11 Å². The number of carbonyl (C=O) groups excluding carboxylic acids is 1. The summed E-state index contributed by atoms with van der Waals surface area (Å²) >= 11 is 0. The summed E-state index contributed by atoms with van der Waals surface area (Å²) in [4.78, 5) is 21.8. The summed E-state index contributed by atoms with van der Waals surface area (Å²) in [6.45, 7) is 0.363. The Morgan fingerprint density at radius 3 is 2.93 bits per heavy atom. The summed E-state index contributed by atoms with van der Waals surface area (Å²) < 4.78 is 0. The van der Waals surface area contributed by atoms with E-state index in [1.165, 1.54) is 6.07 Å². The zero-order valence-corrected chi connectivity index (χ0v) is 7.20. The van der Waals surface area contributed by atoms with Crippen LogP contribution in [-0.4, -0.2) is 17.1 Å². The minimum atomic E-state index is -1.04. The van der Waals surface area contributed by atoms with Crippen LogP contribution in [0.15, 0.2) is 18.2 Å². The second kappa shape index (κ2) is 3.02. The predicted octanol–water partition coefficient (Wildman–Crippen LogP) is 1.02. The molecule has 5 heteroatoms. The molecule has 0 bridgehead atoms. The molecule has 0 unspecified atom stereocenters. The van der Waals surface area contributed by atoms with Gasteiger partial charge in [0.05, 0.1) is 11.3 Å². The van der Waals surface area contributed by atoms with Crippen LogP contribution in [0.1, 0.15) is 15.9 Å². The number of urea groups is 1. The molecule has 0 spiro atoms. The number of rotatable bonds is 1. The van der Waals surface area contributed by atoms with Gasteiger partial charge in [0.2, 0.25) is 0 Å². The second-order valence-electron chi connectivity index (χ2n) is 2.95. The van der Waals surface area contributed by atoms with Crippen molar-refractivity contribution in [2.24, 2.45) is 0 Å². The highest BCUT2D eigenvalue weighted by Gasteiger charge is 2.19. The maximum absolute atomic E-state index is 11.0. The van der Waals surface area contributed by atoms with Crippen LogP contribution in [0.25, 0.3) is 0 Å². The zero-order chi connectivity index (χ0) is 10.1. The minimum absolute atomic E-state index is 0.123. The lowest BCUT2D eigenvalue weighted by molar-refractivity contribution is 0.0698. The third-order valence-corrected chi connectivity index (χ3v) is 2.06. The Balaban J connectivity index is 2.54. The number of anilines is 1. The number of benzene rings is 1. The van der Waals surface area contributed by atoms with Crippen molar-refractivity contribution < 1.29 is 14.7 Å². The average Bonchev–Trinajstić information content (AvgIpc) is 2.16. The summed E-state index contributed by atoms with van der Waals surface area (Å²) in [7, 11) is 0. The molecule has 0 fully saturated rings. The molecule has 0 saturated heterocycles. The van der Waals surface area contributed by atoms with Gasteiger partial charge in [-0.1, -0.05) is 12.1 Å². The highest BCUT2D eigenvalue weighted by molar-refractivity contribution is 6.02. The van der Waals surface area contributed by atoms with Crippen molar-refractivity contribution in [3.05, 3.63) is 29.3 Å². The highest BCUT2D eigenvalue weighted by Crippen LogP contribution is 2.23. The van der Waals surface area contributed by atoms with Gasteiger partial charge in [0.25, 0.3) is 0 Å². The van der Waals surface area contributed by atoms with Gasteiger partial charge in [-0.05, 0) is 11.6 Å². The zero-order valence-electron chi connectivity index (χ0n) is 7.20. The quantitative estimate of drug-likeness (QED) is 0.621. The molecule has 2 rings (SSSR count). The fourth-order valence-corrected chi connectivity index (χ4v) is 1.41. The fraction of sp³-hybridized carbons (Fsp3) is 0.111. The molecule has 0 radical (unpaired) electrons. The number of hydrogen-bond acceptors (Lipinski definition) is 2. The molecule has 3 N–H and O–H groups in total. The number of amides is 2. The molecule has 1 aromatic rings. The largest absolute Gasteiger partial charge is 0.478 e. The molecule has 14 heavy (non-hydrogen) atoms. The van der Waals surface area contributed by atoms with Crippen LogP contribution < -0.4 is 10.6 Å². The monoisotopic (exact) mass is 192 g/mol. The predicted molar refractivity (Wildman–Crippen MR) is 49.3 cm³/mol. The Morgan fingerprint density at radius 1 is 1.43 bits per heavy atom. The smallest absolute Gasteiger partial charge is 0.337 e. The van der Waals surface area contributed by atoms with E-state index in [1.54, 1.807) is 12.1 Å². The van der Waals surface area contributed by atoms with Crippen LogP contribution in [0.4, 0.5) is 10.5 Å². The SMILES string of the molecule is O=C1NCc2cccc(C(=O)O)c2N1. The average molecular weight is 192 g/mol. The number of carboxylic acids is 1. The molecule has 0 aliphatic carbocycles. The first kappa shape index (κ1) is 8.55. The summed E-state index contributed by atoms with van der Waals surface area (Å²) in [6, 6.07) is 4.52. The van der Waals surface area contributed by atoms with Gasteiger partial charge >= 0.3 is 12.0 Å². The van der Waals surface area contributed by atoms with Gasteiger partial charge in [0.15, 0.2) is 0 Å². The Morgan fingerprint density at radius 2 is 2.21 bits per heavy atom. The lowest BCUT2D eigenvalue weighted by atomic mass is 10.1. The van der Waals surface area contributed by atoms with Gasteiger partial charge in [0.1, 0.15) is 0 Å². The number of fused-ring (bicyclic) bond motifs is 1. The Bertz CT molecular complexity index is 415. The molecule has 1 aliphatic rings. The highest BCUT2D eigenvalue weighted by atomic mass is 16.4. The van der Waals surface area contributed by atoms with E-state index >= 15 is 0 Å². The maximum Gasteiger partial charge on any atom is 0.337 e. The molecular formula is C9H8N2O3. The van der Waals surface area contributed by atoms with Gasteiger partial charge in [-0.25, -0.2) is 9.59 Å². The number of carboxylic acid groups (broad SMARTS) is 1. The first-order valence-corrected chi connectivity index (χ1v) is 4.08. The Labute approximate surface area is 79.7 Å². The van der Waals surface area contributed by atoms with Gasteiger partial charge in [-0.3, -0.25) is 0 Å². The first-order chi connectivity index (χ1) is 6.68. The van der Waals surface area contributed by atoms with Crippen LogP contribution >= 0.6 is 0 Å². The van der Waals surface area contributed by atoms with Gasteiger partial charge < -0.3 is 15.7 Å². The summed E-state index contributed by atoms with van der Waals surface area (Å²) in [5, 5.41) is 13.9. The van der Waals surface area contributed by atoms with E-state index in [-0.39, 0.29) is 11.6 Å². The maximum atomic E-state index is 11.0. The van der Waals surface area contributed by atoms with Crippen molar-refractivity contribution in [3.63, 3.8) is 0 Å². The van der Waals surface area contributed by atoms with Gasteiger partial charge in [-0.2, -0.15) is 0 Å². The molecule has 1 aliphatic heterocycles. The molecule has 1 aromatic carbocycles. The van der Waals surface area contributed by atoms with Crippen molar-refractivity contribution >= 4 is 17.7 Å². The van der Waals surface area contributed by atoms with E-state index in [0.29, 0.717) is 12.2 Å². The van der Waals surface area contributed by atoms with Gasteiger partial charge in [0, 0.05) is 6.54 Å².